The molecule has 5 heterocycles. The quantitative estimate of drug-likeness (QED) is 0.174. The molecule has 3 aliphatic rings. The van der Waals surface area contributed by atoms with E-state index in [-0.39, 0.29) is 11.5 Å². The smallest absolute Gasteiger partial charge is 0.220 e. The minimum Gasteiger partial charge on any atom is -0.504 e. The fraction of sp³-hybridized carbons (Fsp3) is 0. The molecule has 0 saturated heterocycles. The fourth-order valence-electron chi connectivity index (χ4n) is 4.86. The lowest BCUT2D eigenvalue weighted by Gasteiger charge is -2.01. The Kier molecular flexibility index (Phi) is 3.99. The van der Waals surface area contributed by atoms with Crippen LogP contribution in [-0.4, -0.2) is 41.7 Å². The molecule has 0 fully saturated rings. The second-order valence-electron chi connectivity index (χ2n) is 8.95. The molecule has 0 saturated carbocycles. The van der Waals surface area contributed by atoms with Crippen molar-refractivity contribution < 1.29 is 19.8 Å². The van der Waals surface area contributed by atoms with Crippen molar-refractivity contribution in [3.8, 4) is 0 Å². The number of Topliss-reactive ketones (excluding diaryl/α,β-unsaturated/α-hetero) is 2. The van der Waals surface area contributed by atoms with Crippen molar-refractivity contribution in [1.29, 1.82) is 0 Å². The monoisotopic (exact) mass is 474 g/mol. The Morgan fingerprint density at radius 1 is 0.500 bits per heavy atom. The van der Waals surface area contributed by atoms with Crippen LogP contribution >= 0.6 is 0 Å². The maximum atomic E-state index is 12.2. The second-order valence-corrected chi connectivity index (χ2v) is 8.95. The first-order valence-corrected chi connectivity index (χ1v) is 11.3. The Hall–Kier alpha value is -5.24. The molecule has 7 rings (SSSR count). The molecule has 8 heteroatoms. The fourth-order valence-corrected chi connectivity index (χ4v) is 4.86. The third-order valence-corrected chi connectivity index (χ3v) is 6.56. The maximum absolute atomic E-state index is 12.2. The predicted molar refractivity (Wildman–Crippen MR) is 135 cm³/mol. The van der Waals surface area contributed by atoms with E-state index in [4.69, 9.17) is 0 Å². The molecule has 2 aliphatic carbocycles. The van der Waals surface area contributed by atoms with Crippen LogP contribution in [0, 0.1) is 0 Å². The van der Waals surface area contributed by atoms with Gasteiger partial charge in [0, 0.05) is 65.7 Å². The van der Waals surface area contributed by atoms with E-state index in [1.165, 1.54) is 24.3 Å². The van der Waals surface area contributed by atoms with Crippen molar-refractivity contribution in [3.63, 3.8) is 0 Å². The summed E-state index contributed by atoms with van der Waals surface area (Å²) < 4.78 is 0. The highest BCUT2D eigenvalue weighted by atomic mass is 16.3. The predicted octanol–water partition coefficient (Wildman–Crippen LogP) is -0.848. The van der Waals surface area contributed by atoms with Crippen LogP contribution in [0.15, 0.2) is 35.8 Å². The molecule has 0 spiro atoms. The summed E-state index contributed by atoms with van der Waals surface area (Å²) in [5.74, 6) is -1.48. The van der Waals surface area contributed by atoms with Crippen LogP contribution in [0.1, 0.15) is 33.9 Å². The van der Waals surface area contributed by atoms with Crippen molar-refractivity contribution in [3.05, 3.63) is 102 Å². The third kappa shape index (κ3) is 3.08. The number of aromatic nitrogens is 4. The van der Waals surface area contributed by atoms with E-state index < -0.39 is 11.6 Å². The van der Waals surface area contributed by atoms with Crippen LogP contribution in [0.4, 0.5) is 0 Å². The van der Waals surface area contributed by atoms with Crippen LogP contribution in [0.5, 0.6) is 0 Å². The van der Waals surface area contributed by atoms with E-state index in [1.54, 1.807) is 0 Å². The molecule has 0 aromatic carbocycles. The highest BCUT2D eigenvalue weighted by molar-refractivity contribution is 6.20. The number of hydrogen-bond donors (Lipinski definition) is 6. The number of allylic oxidation sites excluding steroid dienone is 2. The first-order valence-electron chi connectivity index (χ1n) is 11.3. The number of H-pyrrole nitrogens is 4. The molecule has 0 radical (unpaired) electrons. The van der Waals surface area contributed by atoms with Crippen molar-refractivity contribution in [2.75, 3.05) is 0 Å². The van der Waals surface area contributed by atoms with E-state index in [1.807, 2.05) is 48.6 Å². The highest BCUT2D eigenvalue weighted by Crippen LogP contribution is 2.13. The first-order chi connectivity index (χ1) is 17.4. The Morgan fingerprint density at radius 3 is 1.44 bits per heavy atom. The summed E-state index contributed by atoms with van der Waals surface area (Å²) in [5, 5.41) is 24.6. The summed E-state index contributed by atoms with van der Waals surface area (Å²) in [7, 11) is 0. The normalized spacial score (nSPS) is 15.6. The Morgan fingerprint density at radius 2 is 0.972 bits per heavy atom. The third-order valence-electron chi connectivity index (χ3n) is 6.56. The number of carbonyl (C=O) groups excluding carboxylic acids is 2. The Bertz CT molecular complexity index is 1960. The zero-order valence-electron chi connectivity index (χ0n) is 18.6. The SMILES string of the molecule is O=C1C=c2c(c3[nH]c2=Cc2ccc([nH]2)C=c2[nH]c(c4c2=CC(=O)C(O)=C4)C=c2ccc([nH]2)=C3)C=C1O. The van der Waals surface area contributed by atoms with Gasteiger partial charge >= 0.3 is 0 Å². The van der Waals surface area contributed by atoms with Gasteiger partial charge in [0.05, 0.1) is 0 Å². The van der Waals surface area contributed by atoms with Gasteiger partial charge in [-0.25, -0.2) is 0 Å². The summed E-state index contributed by atoms with van der Waals surface area (Å²) in [4.78, 5) is 37.8. The number of nitrogens with one attached hydrogen (secondary N) is 4. The van der Waals surface area contributed by atoms with E-state index in [9.17, 15) is 19.8 Å². The molecule has 0 amide bonds. The number of ketones is 2. The van der Waals surface area contributed by atoms with Gasteiger partial charge in [-0.15, -0.1) is 0 Å². The molecule has 174 valence electrons. The molecule has 8 bridgehead atoms. The Balaban J connectivity index is 1.58. The lowest BCUT2D eigenvalue weighted by Crippen LogP contribution is -2.28. The maximum Gasteiger partial charge on any atom is 0.220 e. The zero-order valence-corrected chi connectivity index (χ0v) is 18.6. The first kappa shape index (κ1) is 20.2. The van der Waals surface area contributed by atoms with Gasteiger partial charge in [0.1, 0.15) is 0 Å². The summed E-state index contributed by atoms with van der Waals surface area (Å²) in [5.41, 5.74) is 4.54. The lowest BCUT2D eigenvalue weighted by atomic mass is 10.0. The molecule has 1 aliphatic heterocycles. The number of aromatic amines is 4. The topological polar surface area (TPSA) is 138 Å². The van der Waals surface area contributed by atoms with Gasteiger partial charge in [-0.1, -0.05) is 0 Å². The number of aliphatic hydroxyl groups excluding tert-OH is 2. The van der Waals surface area contributed by atoms with Gasteiger partial charge in [-0.2, -0.15) is 0 Å². The standard InChI is InChI=1S/C28H18N4O4/c33-25-9-17-18(10-26(25)34)23-7-15-3-4-16(30-15)8-24-20-12-28(36)27(35)11-19(20)22(32-24)6-14-2-1-13(29-14)5-21(17)31-23/h1-12,29-33,35H. The Labute approximate surface area is 201 Å². The number of carbonyl (C=O) groups is 2. The zero-order chi connectivity index (χ0) is 24.6. The largest absolute Gasteiger partial charge is 0.504 e. The van der Waals surface area contributed by atoms with E-state index >= 15 is 0 Å². The molecule has 36 heavy (non-hydrogen) atoms. The van der Waals surface area contributed by atoms with Crippen LogP contribution < -0.4 is 31.8 Å². The van der Waals surface area contributed by atoms with Crippen LogP contribution in [0.3, 0.4) is 0 Å². The van der Waals surface area contributed by atoms with Crippen molar-refractivity contribution in [2.45, 2.75) is 0 Å². The summed E-state index contributed by atoms with van der Waals surface area (Å²) >= 11 is 0. The van der Waals surface area contributed by atoms with Gasteiger partial charge in [0.25, 0.3) is 0 Å². The summed E-state index contributed by atoms with van der Waals surface area (Å²) in [6.45, 7) is 0. The molecular formula is C28H18N4O4. The minimum atomic E-state index is -0.441. The average molecular weight is 474 g/mol. The average Bonchev–Trinajstić information content (AvgIpc) is 3.61. The van der Waals surface area contributed by atoms with Gasteiger partial charge in [0.2, 0.25) is 11.6 Å². The number of rotatable bonds is 0. The summed E-state index contributed by atoms with van der Waals surface area (Å²) in [6, 6.07) is 7.67. The molecule has 0 unspecified atom stereocenters. The summed E-state index contributed by atoms with van der Waals surface area (Å²) in [6.07, 6.45) is 13.5. The van der Waals surface area contributed by atoms with E-state index in [0.29, 0.717) is 10.4 Å². The minimum absolute atomic E-state index is 0.301. The van der Waals surface area contributed by atoms with Crippen molar-refractivity contribution in [1.82, 2.24) is 19.9 Å². The molecule has 4 aromatic rings. The number of fused-ring (bicyclic) bond motifs is 14. The second kappa shape index (κ2) is 7.13. The van der Waals surface area contributed by atoms with Gasteiger partial charge in [-0.05, 0) is 72.9 Å². The molecule has 6 N–H and O–H groups in total. The van der Waals surface area contributed by atoms with Crippen LogP contribution in [0.2, 0.25) is 0 Å². The molecular weight excluding hydrogens is 456 g/mol. The van der Waals surface area contributed by atoms with Gasteiger partial charge in [0.15, 0.2) is 11.5 Å². The molecule has 4 aromatic heterocycles. The lowest BCUT2D eigenvalue weighted by molar-refractivity contribution is -0.113. The molecule has 8 nitrogen and oxygen atoms in total. The van der Waals surface area contributed by atoms with Crippen molar-refractivity contribution >= 4 is 60.2 Å². The molecule has 0 atom stereocenters. The number of hydrogen-bond acceptors (Lipinski definition) is 4. The highest BCUT2D eigenvalue weighted by Gasteiger charge is 2.18. The van der Waals surface area contributed by atoms with Gasteiger partial charge < -0.3 is 30.1 Å². The van der Waals surface area contributed by atoms with E-state index in [0.717, 1.165) is 55.3 Å². The van der Waals surface area contributed by atoms with Crippen LogP contribution in [-0.2, 0) is 9.59 Å². The van der Waals surface area contributed by atoms with Gasteiger partial charge in [-0.3, -0.25) is 9.59 Å². The number of aliphatic hydroxyl groups is 2. The van der Waals surface area contributed by atoms with Crippen molar-refractivity contribution in [2.24, 2.45) is 0 Å². The van der Waals surface area contributed by atoms with E-state index in [2.05, 4.69) is 19.9 Å². The van der Waals surface area contributed by atoms with Crippen LogP contribution in [0.25, 0.3) is 48.6 Å².